The fraction of sp³-hybridized carbons (Fsp3) is 0.667. The van der Waals surface area contributed by atoms with Crippen molar-refractivity contribution in [2.24, 2.45) is 5.73 Å². The molecule has 0 saturated heterocycles. The van der Waals surface area contributed by atoms with Gasteiger partial charge in [-0.05, 0) is 19.3 Å². The second-order valence-corrected chi connectivity index (χ2v) is 5.04. The molecule has 0 bridgehead atoms. The van der Waals surface area contributed by atoms with E-state index in [0.29, 0.717) is 5.92 Å². The van der Waals surface area contributed by atoms with Crippen molar-refractivity contribution in [3.63, 3.8) is 0 Å². The van der Waals surface area contributed by atoms with Gasteiger partial charge in [-0.2, -0.15) is 0 Å². The number of aromatic nitrogens is 1. The molecule has 0 amide bonds. The molecule has 1 rings (SSSR count). The monoisotopic (exact) mass is 239 g/mol. The van der Waals surface area contributed by atoms with Gasteiger partial charge in [-0.1, -0.05) is 27.2 Å². The van der Waals surface area contributed by atoms with Crippen molar-refractivity contribution in [2.45, 2.75) is 52.4 Å². The number of nitrogens with zero attached hydrogens (tertiary/aromatic N) is 1. The van der Waals surface area contributed by atoms with Crippen molar-refractivity contribution < 1.29 is 0 Å². The third-order valence-corrected chi connectivity index (χ3v) is 4.07. The highest BCUT2D eigenvalue weighted by atomic mass is 32.1. The molecule has 1 heterocycles. The first-order valence-electron chi connectivity index (χ1n) is 5.97. The molecule has 0 radical (unpaired) electrons. The van der Waals surface area contributed by atoms with E-state index in [2.05, 4.69) is 25.8 Å². The molecule has 1 aromatic heterocycles. The third-order valence-electron chi connectivity index (χ3n) is 2.78. The lowest BCUT2D eigenvalue weighted by molar-refractivity contribution is 0.634. The Bertz CT molecular complexity index is 353. The van der Waals surface area contributed by atoms with Crippen LogP contribution < -0.4 is 5.73 Å². The predicted molar refractivity (Wildman–Crippen MR) is 70.4 cm³/mol. The van der Waals surface area contributed by atoms with Crippen molar-refractivity contribution in [3.8, 4) is 0 Å². The van der Waals surface area contributed by atoms with Gasteiger partial charge >= 0.3 is 0 Å². The second kappa shape index (κ2) is 5.99. The van der Waals surface area contributed by atoms with Crippen LogP contribution in [0.5, 0.6) is 0 Å². The summed E-state index contributed by atoms with van der Waals surface area (Å²) in [5.74, 6) is 0.687. The number of nitrogens with two attached hydrogens (primary N) is 1. The fourth-order valence-electron chi connectivity index (χ4n) is 1.80. The van der Waals surface area contributed by atoms with Crippen molar-refractivity contribution >= 4 is 17.2 Å². The molecule has 0 aliphatic carbocycles. The molecule has 0 aromatic carbocycles. The van der Waals surface area contributed by atoms with Crippen LogP contribution in [0.1, 0.15) is 61.5 Å². The summed E-state index contributed by atoms with van der Waals surface area (Å²) in [7, 11) is 0. The Balaban J connectivity index is 3.04. The summed E-state index contributed by atoms with van der Waals surface area (Å²) in [6.07, 6.45) is 4.18. The molecule has 0 saturated carbocycles. The zero-order chi connectivity index (χ0) is 12.1. The van der Waals surface area contributed by atoms with Gasteiger partial charge in [0.1, 0.15) is 5.84 Å². The van der Waals surface area contributed by atoms with Crippen LogP contribution in [0.25, 0.3) is 0 Å². The molecule has 16 heavy (non-hydrogen) atoms. The van der Waals surface area contributed by atoms with Gasteiger partial charge in [0.15, 0.2) is 0 Å². The summed E-state index contributed by atoms with van der Waals surface area (Å²) < 4.78 is 0. The predicted octanol–water partition coefficient (Wildman–Crippen LogP) is 3.28. The van der Waals surface area contributed by atoms with Crippen LogP contribution in [-0.4, -0.2) is 10.8 Å². The Morgan fingerprint density at radius 1 is 1.38 bits per heavy atom. The van der Waals surface area contributed by atoms with Gasteiger partial charge in [0.05, 0.1) is 15.6 Å². The number of thiazole rings is 1. The first-order valence-corrected chi connectivity index (χ1v) is 6.79. The molecule has 1 aromatic rings. The van der Waals surface area contributed by atoms with Gasteiger partial charge in [0.2, 0.25) is 0 Å². The van der Waals surface area contributed by atoms with Crippen LogP contribution in [0.15, 0.2) is 0 Å². The van der Waals surface area contributed by atoms with Gasteiger partial charge < -0.3 is 5.73 Å². The van der Waals surface area contributed by atoms with Gasteiger partial charge in [-0.25, -0.2) is 4.98 Å². The summed E-state index contributed by atoms with van der Waals surface area (Å²) in [4.78, 5) is 5.54. The lowest BCUT2D eigenvalue weighted by Gasteiger charge is -2.06. The van der Waals surface area contributed by atoms with Crippen molar-refractivity contribution in [1.29, 1.82) is 5.41 Å². The van der Waals surface area contributed by atoms with Crippen LogP contribution in [0.4, 0.5) is 0 Å². The first-order chi connectivity index (χ1) is 7.63. The Labute approximate surface area is 102 Å². The van der Waals surface area contributed by atoms with E-state index >= 15 is 0 Å². The van der Waals surface area contributed by atoms with Crippen LogP contribution in [0.3, 0.4) is 0 Å². The number of amidine groups is 1. The number of aryl methyl sites for hydroxylation is 1. The normalized spacial score (nSPS) is 11.0. The Morgan fingerprint density at radius 3 is 2.44 bits per heavy atom. The average molecular weight is 239 g/mol. The van der Waals surface area contributed by atoms with Gasteiger partial charge in [0.25, 0.3) is 0 Å². The minimum Gasteiger partial charge on any atom is -0.383 e. The number of hydrogen-bond acceptors (Lipinski definition) is 3. The molecule has 4 heteroatoms. The summed E-state index contributed by atoms with van der Waals surface area (Å²) >= 11 is 1.60. The molecule has 0 fully saturated rings. The van der Waals surface area contributed by atoms with E-state index < -0.39 is 0 Å². The van der Waals surface area contributed by atoms with Crippen LogP contribution >= 0.6 is 11.3 Å². The Kier molecular flexibility index (Phi) is 4.93. The fourth-order valence-corrected chi connectivity index (χ4v) is 3.04. The molecule has 0 aliphatic heterocycles. The SMILES string of the molecule is CCCc1nc(C(CC)CC)sc1C(=N)N. The van der Waals surface area contributed by atoms with Crippen LogP contribution in [0.2, 0.25) is 0 Å². The highest BCUT2D eigenvalue weighted by molar-refractivity contribution is 7.13. The lowest BCUT2D eigenvalue weighted by Crippen LogP contribution is -2.11. The van der Waals surface area contributed by atoms with Crippen molar-refractivity contribution in [2.75, 3.05) is 0 Å². The maximum atomic E-state index is 7.57. The van der Waals surface area contributed by atoms with E-state index in [4.69, 9.17) is 11.1 Å². The summed E-state index contributed by atoms with van der Waals surface area (Å²) in [6.45, 7) is 6.49. The molecule has 0 atom stereocenters. The number of rotatable bonds is 6. The minimum atomic E-state index is 0.165. The molecule has 0 aliphatic rings. The molecule has 3 nitrogen and oxygen atoms in total. The maximum Gasteiger partial charge on any atom is 0.135 e. The molecular formula is C12H21N3S. The largest absolute Gasteiger partial charge is 0.383 e. The zero-order valence-electron chi connectivity index (χ0n) is 10.3. The van der Waals surface area contributed by atoms with E-state index in [0.717, 1.165) is 41.3 Å². The smallest absolute Gasteiger partial charge is 0.135 e. The molecule has 3 N–H and O–H groups in total. The second-order valence-electron chi connectivity index (χ2n) is 4.01. The maximum absolute atomic E-state index is 7.57. The van der Waals surface area contributed by atoms with Crippen molar-refractivity contribution in [1.82, 2.24) is 4.98 Å². The Morgan fingerprint density at radius 2 is 2.00 bits per heavy atom. The third kappa shape index (κ3) is 2.82. The summed E-state index contributed by atoms with van der Waals surface area (Å²) in [5.41, 5.74) is 6.61. The van der Waals surface area contributed by atoms with Gasteiger partial charge in [0, 0.05) is 5.92 Å². The molecule has 0 spiro atoms. The Hall–Kier alpha value is -0.900. The number of nitrogen functional groups attached to an aromatic ring is 1. The number of nitrogens with one attached hydrogen (secondary N) is 1. The quantitative estimate of drug-likeness (QED) is 0.591. The van der Waals surface area contributed by atoms with Gasteiger partial charge in [-0.15, -0.1) is 11.3 Å². The topological polar surface area (TPSA) is 62.8 Å². The van der Waals surface area contributed by atoms with E-state index in [9.17, 15) is 0 Å². The summed E-state index contributed by atoms with van der Waals surface area (Å²) in [6, 6.07) is 0. The van der Waals surface area contributed by atoms with E-state index in [1.54, 1.807) is 11.3 Å². The standard InChI is InChI=1S/C12H21N3S/c1-4-7-9-10(11(13)14)16-12(15-9)8(5-2)6-3/h8H,4-7H2,1-3H3,(H3,13,14). The lowest BCUT2D eigenvalue weighted by atomic mass is 10.1. The van der Waals surface area contributed by atoms with E-state index in [-0.39, 0.29) is 5.84 Å². The summed E-state index contributed by atoms with van der Waals surface area (Å²) in [5, 5.41) is 8.72. The molecule has 90 valence electrons. The van der Waals surface area contributed by atoms with Gasteiger partial charge in [-0.3, -0.25) is 5.41 Å². The average Bonchev–Trinajstić information content (AvgIpc) is 2.65. The molecular weight excluding hydrogens is 218 g/mol. The first kappa shape index (κ1) is 13.2. The highest BCUT2D eigenvalue weighted by Gasteiger charge is 2.17. The highest BCUT2D eigenvalue weighted by Crippen LogP contribution is 2.29. The van der Waals surface area contributed by atoms with E-state index in [1.165, 1.54) is 0 Å². The number of hydrogen-bond donors (Lipinski definition) is 2. The van der Waals surface area contributed by atoms with Crippen LogP contribution in [0, 0.1) is 5.41 Å². The molecule has 0 unspecified atom stereocenters. The van der Waals surface area contributed by atoms with Crippen molar-refractivity contribution in [3.05, 3.63) is 15.6 Å². The van der Waals surface area contributed by atoms with Crippen LogP contribution in [-0.2, 0) is 6.42 Å². The minimum absolute atomic E-state index is 0.165. The van der Waals surface area contributed by atoms with E-state index in [1.807, 2.05) is 0 Å². The zero-order valence-corrected chi connectivity index (χ0v) is 11.2.